The molecule has 0 saturated heterocycles. The number of aryl methyl sites for hydroxylation is 1. The molecule has 0 atom stereocenters. The van der Waals surface area contributed by atoms with Gasteiger partial charge in [0.15, 0.2) is 5.58 Å². The van der Waals surface area contributed by atoms with Gasteiger partial charge in [-0.3, -0.25) is 4.79 Å². The molecule has 28 heavy (non-hydrogen) atoms. The highest BCUT2D eigenvalue weighted by Gasteiger charge is 2.41. The first-order chi connectivity index (χ1) is 13.1. The minimum absolute atomic E-state index is 0.0916. The van der Waals surface area contributed by atoms with Gasteiger partial charge in [-0.2, -0.15) is 13.2 Å². The molecule has 0 aliphatic rings. The summed E-state index contributed by atoms with van der Waals surface area (Å²) in [5.41, 5.74) is -0.361. The number of halogens is 3. The topological polar surface area (TPSA) is 64.1 Å². The van der Waals surface area contributed by atoms with Gasteiger partial charge in [-0.1, -0.05) is 12.1 Å². The lowest BCUT2D eigenvalue weighted by molar-refractivity contribution is -0.872. The van der Waals surface area contributed by atoms with Crippen LogP contribution in [0.3, 0.4) is 0 Å². The SMILES string of the molecule is Cc1cccc(Oc2c(C(F)(F)F)oc3c(C[NH+](C)C)c(O)ccc3c2=O)c1. The van der Waals surface area contributed by atoms with Crippen molar-refractivity contribution in [3.05, 3.63) is 63.5 Å². The van der Waals surface area contributed by atoms with Crippen LogP contribution in [0.2, 0.25) is 0 Å². The number of nitrogens with one attached hydrogen (secondary N) is 1. The minimum atomic E-state index is -4.96. The van der Waals surface area contributed by atoms with E-state index < -0.39 is 23.1 Å². The highest BCUT2D eigenvalue weighted by molar-refractivity contribution is 5.83. The van der Waals surface area contributed by atoms with Gasteiger partial charge in [0.25, 0.3) is 5.76 Å². The average Bonchev–Trinajstić information content (AvgIpc) is 2.58. The lowest BCUT2D eigenvalue weighted by atomic mass is 10.1. The third kappa shape index (κ3) is 3.82. The Balaban J connectivity index is 2.30. The van der Waals surface area contributed by atoms with E-state index >= 15 is 0 Å². The number of ether oxygens (including phenoxy) is 1. The molecule has 0 amide bonds. The Morgan fingerprint density at radius 3 is 2.50 bits per heavy atom. The van der Waals surface area contributed by atoms with E-state index in [0.29, 0.717) is 0 Å². The molecule has 0 fully saturated rings. The number of quaternary nitrogens is 1. The van der Waals surface area contributed by atoms with Crippen LogP contribution in [0.4, 0.5) is 13.2 Å². The lowest BCUT2D eigenvalue weighted by Crippen LogP contribution is -3.04. The van der Waals surface area contributed by atoms with Crippen molar-refractivity contribution in [2.24, 2.45) is 0 Å². The standard InChI is InChI=1S/C20H18F3NO4/c1-11-5-4-6-12(9-11)27-18-16(26)13-7-8-15(25)14(10-24(2)3)17(13)28-19(18)20(21,22)23/h4-9,25H,10H2,1-3H3/p+1. The Hall–Kier alpha value is -3.00. The Morgan fingerprint density at radius 1 is 1.18 bits per heavy atom. The summed E-state index contributed by atoms with van der Waals surface area (Å²) in [6.07, 6.45) is -4.96. The summed E-state index contributed by atoms with van der Waals surface area (Å²) in [7, 11) is 3.52. The maximum atomic E-state index is 13.7. The molecule has 3 rings (SSSR count). The Kier molecular flexibility index (Phi) is 5.08. The van der Waals surface area contributed by atoms with Crippen LogP contribution in [0.25, 0.3) is 11.0 Å². The number of aromatic hydroxyl groups is 1. The van der Waals surface area contributed by atoms with Gasteiger partial charge in [0.1, 0.15) is 18.0 Å². The minimum Gasteiger partial charge on any atom is -0.507 e. The molecule has 0 saturated carbocycles. The Morgan fingerprint density at radius 2 is 1.89 bits per heavy atom. The number of phenols is 1. The highest BCUT2D eigenvalue weighted by atomic mass is 19.4. The largest absolute Gasteiger partial charge is 0.507 e. The molecule has 8 heteroatoms. The number of alkyl halides is 3. The van der Waals surface area contributed by atoms with Gasteiger partial charge in [-0.05, 0) is 36.8 Å². The van der Waals surface area contributed by atoms with Gasteiger partial charge in [0.05, 0.1) is 25.0 Å². The molecular weight excluding hydrogens is 375 g/mol. The maximum Gasteiger partial charge on any atom is 0.453 e. The number of phenolic OH excluding ortho intramolecular Hbond substituents is 1. The zero-order chi connectivity index (χ0) is 20.6. The molecule has 0 bridgehead atoms. The molecule has 0 spiro atoms. The molecule has 0 aliphatic heterocycles. The second-order valence-corrected chi connectivity index (χ2v) is 6.83. The summed E-state index contributed by atoms with van der Waals surface area (Å²) >= 11 is 0. The second-order valence-electron chi connectivity index (χ2n) is 6.83. The van der Waals surface area contributed by atoms with Crippen LogP contribution in [0, 0.1) is 6.92 Å². The van der Waals surface area contributed by atoms with E-state index in [4.69, 9.17) is 9.15 Å². The molecule has 0 radical (unpaired) electrons. The second kappa shape index (κ2) is 7.20. The first-order valence-electron chi connectivity index (χ1n) is 8.50. The van der Waals surface area contributed by atoms with Crippen molar-refractivity contribution in [1.82, 2.24) is 0 Å². The van der Waals surface area contributed by atoms with Gasteiger partial charge in [-0.15, -0.1) is 0 Å². The smallest absolute Gasteiger partial charge is 0.453 e. The quantitative estimate of drug-likeness (QED) is 0.713. The molecule has 2 aromatic carbocycles. The van der Waals surface area contributed by atoms with E-state index in [-0.39, 0.29) is 34.6 Å². The predicted octanol–water partition coefficient (Wildman–Crippen LogP) is 3.26. The third-order valence-electron chi connectivity index (χ3n) is 4.09. The van der Waals surface area contributed by atoms with Gasteiger partial charge in [0, 0.05) is 0 Å². The summed E-state index contributed by atoms with van der Waals surface area (Å²) in [5, 5.41) is 10.00. The number of hydrogen-bond donors (Lipinski definition) is 2. The van der Waals surface area contributed by atoms with Crippen molar-refractivity contribution in [1.29, 1.82) is 0 Å². The van der Waals surface area contributed by atoms with Crippen molar-refractivity contribution in [2.45, 2.75) is 19.6 Å². The lowest BCUT2D eigenvalue weighted by Gasteiger charge is -2.16. The summed E-state index contributed by atoms with van der Waals surface area (Å²) in [6, 6.07) is 8.82. The van der Waals surface area contributed by atoms with Crippen LogP contribution in [0.15, 0.2) is 45.6 Å². The van der Waals surface area contributed by atoms with Crippen LogP contribution >= 0.6 is 0 Å². The zero-order valence-electron chi connectivity index (χ0n) is 15.5. The number of benzene rings is 2. The Bertz CT molecular complexity index is 1090. The van der Waals surface area contributed by atoms with E-state index in [2.05, 4.69) is 0 Å². The van der Waals surface area contributed by atoms with E-state index in [1.807, 2.05) is 0 Å². The van der Waals surface area contributed by atoms with Crippen LogP contribution in [0.1, 0.15) is 16.9 Å². The van der Waals surface area contributed by atoms with Crippen LogP contribution in [-0.4, -0.2) is 19.2 Å². The van der Waals surface area contributed by atoms with Crippen molar-refractivity contribution in [2.75, 3.05) is 14.1 Å². The molecule has 5 nitrogen and oxygen atoms in total. The fourth-order valence-electron chi connectivity index (χ4n) is 2.89. The molecule has 0 unspecified atom stereocenters. The van der Waals surface area contributed by atoms with Crippen molar-refractivity contribution < 1.29 is 32.3 Å². The third-order valence-corrected chi connectivity index (χ3v) is 4.09. The van der Waals surface area contributed by atoms with Crippen LogP contribution < -0.4 is 15.1 Å². The monoisotopic (exact) mass is 394 g/mol. The highest BCUT2D eigenvalue weighted by Crippen LogP contribution is 2.39. The fourth-order valence-corrected chi connectivity index (χ4v) is 2.89. The van der Waals surface area contributed by atoms with Crippen LogP contribution in [-0.2, 0) is 12.7 Å². The zero-order valence-corrected chi connectivity index (χ0v) is 15.5. The van der Waals surface area contributed by atoms with E-state index in [1.165, 1.54) is 24.3 Å². The number of rotatable bonds is 4. The van der Waals surface area contributed by atoms with Crippen LogP contribution in [0.5, 0.6) is 17.2 Å². The summed E-state index contributed by atoms with van der Waals surface area (Å²) < 4.78 is 51.4. The molecule has 3 aromatic rings. The van der Waals surface area contributed by atoms with Gasteiger partial charge in [-0.25, -0.2) is 0 Å². The first kappa shape index (κ1) is 19.8. The number of hydrogen-bond acceptors (Lipinski definition) is 4. The summed E-state index contributed by atoms with van der Waals surface area (Å²) in [4.78, 5) is 13.7. The molecular formula is C20H19F3NO4+. The van der Waals surface area contributed by atoms with Gasteiger partial charge in [0.2, 0.25) is 11.2 Å². The average molecular weight is 394 g/mol. The van der Waals surface area contributed by atoms with Crippen molar-refractivity contribution in [3.8, 4) is 17.2 Å². The van der Waals surface area contributed by atoms with E-state index in [0.717, 1.165) is 10.5 Å². The molecule has 1 heterocycles. The van der Waals surface area contributed by atoms with E-state index in [1.54, 1.807) is 33.2 Å². The van der Waals surface area contributed by atoms with Gasteiger partial charge >= 0.3 is 6.18 Å². The van der Waals surface area contributed by atoms with Crippen molar-refractivity contribution in [3.63, 3.8) is 0 Å². The van der Waals surface area contributed by atoms with Crippen molar-refractivity contribution >= 4 is 11.0 Å². The van der Waals surface area contributed by atoms with Gasteiger partial charge < -0.3 is 19.2 Å². The molecule has 148 valence electrons. The molecule has 1 aromatic heterocycles. The normalized spacial score (nSPS) is 12.0. The summed E-state index contributed by atoms with van der Waals surface area (Å²) in [6.45, 7) is 1.92. The molecule has 0 aliphatic carbocycles. The molecule has 2 N–H and O–H groups in total. The maximum absolute atomic E-state index is 13.7. The predicted molar refractivity (Wildman–Crippen MR) is 96.9 cm³/mol. The fraction of sp³-hybridized carbons (Fsp3) is 0.250. The Labute approximate surface area is 158 Å². The summed E-state index contributed by atoms with van der Waals surface area (Å²) in [5.74, 6) is -2.61. The first-order valence-corrected chi connectivity index (χ1v) is 8.50. The van der Waals surface area contributed by atoms with E-state index in [9.17, 15) is 23.1 Å². The number of fused-ring (bicyclic) bond motifs is 1.